The molecule has 1 aliphatic rings. The van der Waals surface area contributed by atoms with E-state index in [1.165, 1.54) is 7.11 Å². The number of nitrogens with zero attached hydrogens (tertiary/aromatic N) is 1. The number of hydrogen-bond acceptors (Lipinski definition) is 4. The fraction of sp³-hybridized carbons (Fsp3) is 0.500. The van der Waals surface area contributed by atoms with Crippen LogP contribution < -0.4 is 10.5 Å². The molecule has 19 heavy (non-hydrogen) atoms. The summed E-state index contributed by atoms with van der Waals surface area (Å²) < 4.78 is 10.6. The molecule has 1 unspecified atom stereocenters. The van der Waals surface area contributed by atoms with Gasteiger partial charge in [-0.15, -0.1) is 0 Å². The van der Waals surface area contributed by atoms with Gasteiger partial charge in [0.05, 0.1) is 24.5 Å². The number of likely N-dealkylation sites (tertiary alicyclic amines) is 1. The van der Waals surface area contributed by atoms with Gasteiger partial charge >= 0.3 is 0 Å². The molecule has 0 aliphatic carbocycles. The lowest BCUT2D eigenvalue weighted by atomic mass is 10.1. The van der Waals surface area contributed by atoms with Gasteiger partial charge in [0.1, 0.15) is 0 Å². The second-order valence-electron chi connectivity index (χ2n) is 4.68. The summed E-state index contributed by atoms with van der Waals surface area (Å²) in [7, 11) is 3.20. The largest absolute Gasteiger partial charge is 0.494 e. The Labute approximate surface area is 113 Å². The summed E-state index contributed by atoms with van der Waals surface area (Å²) in [5.41, 5.74) is 6.83. The first-order valence-electron chi connectivity index (χ1n) is 6.42. The summed E-state index contributed by atoms with van der Waals surface area (Å²) in [5.74, 6) is 0.401. The van der Waals surface area contributed by atoms with Crippen LogP contribution in [0.5, 0.6) is 5.75 Å². The number of nitrogens with two attached hydrogens (primary N) is 1. The van der Waals surface area contributed by atoms with Crippen molar-refractivity contribution in [2.75, 3.05) is 33.0 Å². The van der Waals surface area contributed by atoms with E-state index in [1.807, 2.05) is 0 Å². The average Bonchev–Trinajstić information content (AvgIpc) is 2.46. The first kappa shape index (κ1) is 13.7. The van der Waals surface area contributed by atoms with E-state index in [-0.39, 0.29) is 12.0 Å². The van der Waals surface area contributed by atoms with E-state index >= 15 is 0 Å². The predicted molar refractivity (Wildman–Crippen MR) is 73.3 cm³/mol. The summed E-state index contributed by atoms with van der Waals surface area (Å²) in [6, 6.07) is 5.24. The number of carbonyl (C=O) groups is 1. The van der Waals surface area contributed by atoms with Crippen molar-refractivity contribution < 1.29 is 14.3 Å². The van der Waals surface area contributed by atoms with Crippen molar-refractivity contribution in [2.45, 2.75) is 18.9 Å². The van der Waals surface area contributed by atoms with E-state index in [2.05, 4.69) is 0 Å². The molecule has 1 aliphatic heterocycles. The third-order valence-electron chi connectivity index (χ3n) is 3.48. The number of anilines is 1. The summed E-state index contributed by atoms with van der Waals surface area (Å²) in [6.45, 7) is 1.37. The molecule has 2 N–H and O–H groups in total. The van der Waals surface area contributed by atoms with Crippen molar-refractivity contribution >= 4 is 11.6 Å². The number of hydrogen-bond donors (Lipinski definition) is 1. The summed E-state index contributed by atoms with van der Waals surface area (Å²) in [6.07, 6.45) is 2.06. The molecule has 5 nitrogen and oxygen atoms in total. The molecule has 1 aromatic carbocycles. The number of amides is 1. The van der Waals surface area contributed by atoms with Gasteiger partial charge in [-0.3, -0.25) is 4.79 Å². The smallest absolute Gasteiger partial charge is 0.257 e. The quantitative estimate of drug-likeness (QED) is 0.841. The Morgan fingerprint density at radius 1 is 1.42 bits per heavy atom. The molecular weight excluding hydrogens is 244 g/mol. The standard InChI is InChI=1S/C14H20N2O3/c1-18-10-5-4-8-16(9-10)14(17)11-6-3-7-12(15)13(11)19-2/h3,6-7,10H,4-5,8-9,15H2,1-2H3. The number of ether oxygens (including phenoxy) is 2. The van der Waals surface area contributed by atoms with Crippen LogP contribution in [0, 0.1) is 0 Å². The van der Waals surface area contributed by atoms with Gasteiger partial charge in [0.25, 0.3) is 5.91 Å². The van der Waals surface area contributed by atoms with Gasteiger partial charge in [-0.1, -0.05) is 6.07 Å². The summed E-state index contributed by atoms with van der Waals surface area (Å²) in [5, 5.41) is 0. The van der Waals surface area contributed by atoms with Crippen molar-refractivity contribution in [2.24, 2.45) is 0 Å². The van der Waals surface area contributed by atoms with Crippen LogP contribution in [0.3, 0.4) is 0 Å². The number of nitrogen functional groups attached to an aromatic ring is 1. The maximum absolute atomic E-state index is 12.5. The number of benzene rings is 1. The molecule has 1 saturated heterocycles. The molecular formula is C14H20N2O3. The minimum absolute atomic E-state index is 0.0501. The highest BCUT2D eigenvalue weighted by Crippen LogP contribution is 2.28. The lowest BCUT2D eigenvalue weighted by Gasteiger charge is -2.32. The number of piperidine rings is 1. The third-order valence-corrected chi connectivity index (χ3v) is 3.48. The average molecular weight is 264 g/mol. The monoisotopic (exact) mass is 264 g/mol. The van der Waals surface area contributed by atoms with Gasteiger partial charge < -0.3 is 20.1 Å². The number of rotatable bonds is 3. The molecule has 1 atom stereocenters. The van der Waals surface area contributed by atoms with Crippen molar-refractivity contribution in [1.82, 2.24) is 4.90 Å². The fourth-order valence-corrected chi connectivity index (χ4v) is 2.44. The highest BCUT2D eigenvalue weighted by molar-refractivity contribution is 5.98. The Balaban J connectivity index is 2.22. The van der Waals surface area contributed by atoms with E-state index in [4.69, 9.17) is 15.2 Å². The van der Waals surface area contributed by atoms with Crippen LogP contribution in [0.15, 0.2) is 18.2 Å². The Morgan fingerprint density at radius 3 is 2.89 bits per heavy atom. The van der Waals surface area contributed by atoms with Crippen LogP contribution in [0.25, 0.3) is 0 Å². The van der Waals surface area contributed by atoms with Crippen LogP contribution >= 0.6 is 0 Å². The number of carbonyl (C=O) groups excluding carboxylic acids is 1. The van der Waals surface area contributed by atoms with Crippen LogP contribution in [0.1, 0.15) is 23.2 Å². The Bertz CT molecular complexity index is 462. The highest BCUT2D eigenvalue weighted by Gasteiger charge is 2.26. The second-order valence-corrected chi connectivity index (χ2v) is 4.68. The molecule has 1 fully saturated rings. The molecule has 104 valence electrons. The lowest BCUT2D eigenvalue weighted by Crippen LogP contribution is -2.43. The third kappa shape index (κ3) is 2.81. The molecule has 1 aromatic rings. The molecule has 5 heteroatoms. The Hall–Kier alpha value is -1.75. The number of para-hydroxylation sites is 1. The van der Waals surface area contributed by atoms with Gasteiger partial charge in [-0.05, 0) is 25.0 Å². The van der Waals surface area contributed by atoms with Crippen LogP contribution in [0.2, 0.25) is 0 Å². The fourth-order valence-electron chi connectivity index (χ4n) is 2.44. The van der Waals surface area contributed by atoms with E-state index in [1.54, 1.807) is 30.2 Å². The molecule has 0 aromatic heterocycles. The maximum atomic E-state index is 12.5. The van der Waals surface area contributed by atoms with Crippen molar-refractivity contribution in [3.8, 4) is 5.75 Å². The molecule has 1 amide bonds. The first-order chi connectivity index (χ1) is 9.17. The summed E-state index contributed by atoms with van der Waals surface area (Å²) >= 11 is 0. The zero-order valence-corrected chi connectivity index (χ0v) is 11.4. The molecule has 0 saturated carbocycles. The maximum Gasteiger partial charge on any atom is 0.257 e. The summed E-state index contributed by atoms with van der Waals surface area (Å²) in [4.78, 5) is 14.3. The van der Waals surface area contributed by atoms with E-state index in [0.29, 0.717) is 23.5 Å². The Morgan fingerprint density at radius 2 is 2.21 bits per heavy atom. The molecule has 1 heterocycles. The molecule has 2 rings (SSSR count). The van der Waals surface area contributed by atoms with Crippen LogP contribution in [-0.2, 0) is 4.74 Å². The van der Waals surface area contributed by atoms with Crippen LogP contribution in [0.4, 0.5) is 5.69 Å². The minimum atomic E-state index is -0.0501. The first-order valence-corrected chi connectivity index (χ1v) is 6.42. The topological polar surface area (TPSA) is 64.8 Å². The molecule has 0 bridgehead atoms. The zero-order valence-electron chi connectivity index (χ0n) is 11.4. The van der Waals surface area contributed by atoms with E-state index in [0.717, 1.165) is 19.4 Å². The van der Waals surface area contributed by atoms with Gasteiger partial charge in [-0.25, -0.2) is 0 Å². The van der Waals surface area contributed by atoms with Gasteiger partial charge in [0.15, 0.2) is 5.75 Å². The highest BCUT2D eigenvalue weighted by atomic mass is 16.5. The van der Waals surface area contributed by atoms with E-state index < -0.39 is 0 Å². The SMILES string of the molecule is COc1c(N)cccc1C(=O)N1CCCC(OC)C1. The van der Waals surface area contributed by atoms with Gasteiger partial charge in [-0.2, -0.15) is 0 Å². The second kappa shape index (κ2) is 5.93. The molecule has 0 radical (unpaired) electrons. The number of methoxy groups -OCH3 is 2. The minimum Gasteiger partial charge on any atom is -0.494 e. The van der Waals surface area contributed by atoms with Crippen LogP contribution in [-0.4, -0.2) is 44.2 Å². The molecule has 0 spiro atoms. The Kier molecular flexibility index (Phi) is 4.27. The van der Waals surface area contributed by atoms with Gasteiger partial charge in [0.2, 0.25) is 0 Å². The van der Waals surface area contributed by atoms with E-state index in [9.17, 15) is 4.79 Å². The van der Waals surface area contributed by atoms with Crippen molar-refractivity contribution in [3.05, 3.63) is 23.8 Å². The van der Waals surface area contributed by atoms with Gasteiger partial charge in [0, 0.05) is 20.2 Å². The predicted octanol–water partition coefficient (Wildman–Crippen LogP) is 1.53. The lowest BCUT2D eigenvalue weighted by molar-refractivity contribution is 0.0267. The van der Waals surface area contributed by atoms with Crippen molar-refractivity contribution in [3.63, 3.8) is 0 Å². The van der Waals surface area contributed by atoms with Crippen molar-refractivity contribution in [1.29, 1.82) is 0 Å². The zero-order chi connectivity index (χ0) is 13.8. The normalized spacial score (nSPS) is 19.3.